The maximum atomic E-state index is 6.11. The van der Waals surface area contributed by atoms with Gasteiger partial charge in [-0.25, -0.2) is 4.98 Å². The van der Waals surface area contributed by atoms with E-state index in [0.717, 1.165) is 21.9 Å². The fraction of sp³-hybridized carbons (Fsp3) is 0.0417. The largest absolute Gasteiger partial charge is 0.325 e. The molecular weight excluding hydrogens is 362 g/mol. The molecule has 5 aromatic rings. The quantitative estimate of drug-likeness (QED) is 0.424. The Morgan fingerprint density at radius 3 is 1.93 bits per heavy atom. The molecule has 2 aromatic heterocycles. The highest BCUT2D eigenvalue weighted by Gasteiger charge is 2.16. The summed E-state index contributed by atoms with van der Waals surface area (Å²) in [5, 5.41) is 0. The number of hydrogen-bond acceptors (Lipinski definition) is 3. The Kier molecular flexibility index (Phi) is 4.28. The third-order valence-corrected chi connectivity index (χ3v) is 5.97. The highest BCUT2D eigenvalue weighted by molar-refractivity contribution is 7.20. The lowest BCUT2D eigenvalue weighted by Crippen LogP contribution is -2.01. The van der Waals surface area contributed by atoms with E-state index in [0.29, 0.717) is 6.54 Å². The molecule has 0 fully saturated rings. The summed E-state index contributed by atoms with van der Waals surface area (Å²) in [7, 11) is 0. The van der Waals surface area contributed by atoms with Gasteiger partial charge in [-0.3, -0.25) is 4.40 Å². The molecule has 3 nitrogen and oxygen atoms in total. The molecule has 4 heteroatoms. The van der Waals surface area contributed by atoms with Crippen molar-refractivity contribution in [2.24, 2.45) is 5.73 Å². The third-order valence-electron chi connectivity index (χ3n) is 4.94. The normalized spacial score (nSPS) is 11.2. The van der Waals surface area contributed by atoms with Gasteiger partial charge >= 0.3 is 0 Å². The van der Waals surface area contributed by atoms with Crippen LogP contribution in [0.3, 0.4) is 0 Å². The van der Waals surface area contributed by atoms with Gasteiger partial charge in [-0.2, -0.15) is 0 Å². The number of nitrogens with zero attached hydrogens (tertiary/aromatic N) is 2. The number of aromatic nitrogens is 2. The number of hydrogen-bond donors (Lipinski definition) is 1. The summed E-state index contributed by atoms with van der Waals surface area (Å²) in [6.45, 7) is 0.446. The highest BCUT2D eigenvalue weighted by atomic mass is 32.1. The van der Waals surface area contributed by atoms with Gasteiger partial charge in [0.2, 0.25) is 0 Å². The van der Waals surface area contributed by atoms with Crippen molar-refractivity contribution in [3.63, 3.8) is 0 Å². The Morgan fingerprint density at radius 2 is 1.29 bits per heavy atom. The first-order chi connectivity index (χ1) is 13.8. The van der Waals surface area contributed by atoms with E-state index in [-0.39, 0.29) is 0 Å². The zero-order chi connectivity index (χ0) is 18.9. The summed E-state index contributed by atoms with van der Waals surface area (Å²) >= 11 is 1.69. The molecule has 136 valence electrons. The Bertz CT molecular complexity index is 1220. The first-order valence-electron chi connectivity index (χ1n) is 9.25. The summed E-state index contributed by atoms with van der Waals surface area (Å²) in [6, 6.07) is 29.3. The van der Waals surface area contributed by atoms with Crippen molar-refractivity contribution < 1.29 is 0 Å². The molecule has 0 spiro atoms. The maximum Gasteiger partial charge on any atom is 0.195 e. The fourth-order valence-corrected chi connectivity index (χ4v) is 4.51. The van der Waals surface area contributed by atoms with Crippen LogP contribution in [0.5, 0.6) is 0 Å². The predicted molar refractivity (Wildman–Crippen MR) is 117 cm³/mol. The number of thiazole rings is 1. The average Bonchev–Trinajstić information content (AvgIpc) is 3.33. The molecule has 0 aliphatic carbocycles. The van der Waals surface area contributed by atoms with E-state index < -0.39 is 0 Å². The number of benzene rings is 3. The number of imidazole rings is 1. The topological polar surface area (TPSA) is 43.3 Å². The van der Waals surface area contributed by atoms with Gasteiger partial charge in [0.05, 0.1) is 16.3 Å². The van der Waals surface area contributed by atoms with Crippen molar-refractivity contribution >= 4 is 16.3 Å². The predicted octanol–water partition coefficient (Wildman–Crippen LogP) is 5.86. The average molecular weight is 382 g/mol. The number of rotatable bonds is 4. The van der Waals surface area contributed by atoms with Gasteiger partial charge in [-0.1, -0.05) is 96.3 Å². The van der Waals surface area contributed by atoms with Gasteiger partial charge in [0, 0.05) is 18.3 Å². The molecule has 0 aliphatic rings. The second-order valence-corrected chi connectivity index (χ2v) is 7.68. The van der Waals surface area contributed by atoms with E-state index in [4.69, 9.17) is 10.7 Å². The Hall–Kier alpha value is -3.21. The zero-order valence-corrected chi connectivity index (χ0v) is 16.1. The molecule has 0 atom stereocenters. The zero-order valence-electron chi connectivity index (χ0n) is 15.2. The van der Waals surface area contributed by atoms with Crippen LogP contribution in [0.15, 0.2) is 91.1 Å². The second kappa shape index (κ2) is 7.08. The van der Waals surface area contributed by atoms with E-state index in [1.807, 2.05) is 12.1 Å². The monoisotopic (exact) mass is 381 g/mol. The lowest BCUT2D eigenvalue weighted by atomic mass is 10.0. The molecule has 0 saturated carbocycles. The Morgan fingerprint density at radius 1 is 0.714 bits per heavy atom. The van der Waals surface area contributed by atoms with Crippen LogP contribution < -0.4 is 5.73 Å². The van der Waals surface area contributed by atoms with Gasteiger partial charge in [0.25, 0.3) is 0 Å². The molecule has 0 amide bonds. The van der Waals surface area contributed by atoms with Crippen LogP contribution in [0.1, 0.15) is 5.69 Å². The molecule has 5 rings (SSSR count). The van der Waals surface area contributed by atoms with Crippen molar-refractivity contribution in [1.82, 2.24) is 9.38 Å². The summed E-state index contributed by atoms with van der Waals surface area (Å²) in [4.78, 5) is 7.08. The van der Waals surface area contributed by atoms with Crippen LogP contribution >= 0.6 is 11.3 Å². The third kappa shape index (κ3) is 2.93. The Labute approximate surface area is 167 Å². The minimum Gasteiger partial charge on any atom is -0.325 e. The van der Waals surface area contributed by atoms with Crippen molar-refractivity contribution in [2.45, 2.75) is 6.54 Å². The van der Waals surface area contributed by atoms with Crippen molar-refractivity contribution in [3.8, 4) is 32.8 Å². The highest BCUT2D eigenvalue weighted by Crippen LogP contribution is 2.33. The number of fused-ring (bicyclic) bond motifs is 1. The molecule has 0 aliphatic heterocycles. The maximum absolute atomic E-state index is 6.11. The molecule has 2 N–H and O–H groups in total. The smallest absolute Gasteiger partial charge is 0.195 e. The standard InChI is InChI=1S/C24H19N3S/c25-15-21-23(20-13-11-18(12-14-20)17-7-3-1-4-8-17)26-24-27(21)16-22(28-24)19-9-5-2-6-10-19/h1-14,16H,15,25H2. The van der Waals surface area contributed by atoms with Crippen molar-refractivity contribution in [3.05, 3.63) is 96.8 Å². The minimum absolute atomic E-state index is 0.446. The lowest BCUT2D eigenvalue weighted by molar-refractivity contribution is 0.970. The summed E-state index contributed by atoms with van der Waals surface area (Å²) in [5.41, 5.74) is 12.8. The van der Waals surface area contributed by atoms with Crippen molar-refractivity contribution in [2.75, 3.05) is 0 Å². The Balaban J connectivity index is 1.55. The molecule has 0 saturated heterocycles. The first kappa shape index (κ1) is 16.9. The van der Waals surface area contributed by atoms with Gasteiger partial charge in [0.15, 0.2) is 4.96 Å². The molecular formula is C24H19N3S. The summed E-state index contributed by atoms with van der Waals surface area (Å²) < 4.78 is 2.13. The second-order valence-electron chi connectivity index (χ2n) is 6.67. The molecule has 3 aromatic carbocycles. The lowest BCUT2D eigenvalue weighted by Gasteiger charge is -2.05. The van der Waals surface area contributed by atoms with Gasteiger partial charge in [-0.15, -0.1) is 0 Å². The van der Waals surface area contributed by atoms with Crippen LogP contribution in [0.25, 0.3) is 37.8 Å². The molecule has 2 heterocycles. The van der Waals surface area contributed by atoms with Crippen LogP contribution in [-0.4, -0.2) is 9.38 Å². The fourth-order valence-electron chi connectivity index (χ4n) is 3.50. The SMILES string of the molecule is NCc1c(-c2ccc(-c3ccccc3)cc2)nc2sc(-c3ccccc3)cn12. The number of nitrogens with two attached hydrogens (primary N) is 1. The van der Waals surface area contributed by atoms with E-state index in [1.165, 1.54) is 21.6 Å². The summed E-state index contributed by atoms with van der Waals surface area (Å²) in [6.07, 6.45) is 2.15. The van der Waals surface area contributed by atoms with Crippen LogP contribution in [0.4, 0.5) is 0 Å². The van der Waals surface area contributed by atoms with E-state index in [9.17, 15) is 0 Å². The molecule has 28 heavy (non-hydrogen) atoms. The van der Waals surface area contributed by atoms with E-state index in [1.54, 1.807) is 11.3 Å². The van der Waals surface area contributed by atoms with Crippen LogP contribution in [-0.2, 0) is 6.54 Å². The van der Waals surface area contributed by atoms with E-state index in [2.05, 4.69) is 83.4 Å². The van der Waals surface area contributed by atoms with Gasteiger partial charge in [-0.05, 0) is 16.7 Å². The van der Waals surface area contributed by atoms with Gasteiger partial charge in [0.1, 0.15) is 0 Å². The van der Waals surface area contributed by atoms with Crippen molar-refractivity contribution in [1.29, 1.82) is 0 Å². The minimum atomic E-state index is 0.446. The van der Waals surface area contributed by atoms with Crippen LogP contribution in [0.2, 0.25) is 0 Å². The summed E-state index contributed by atoms with van der Waals surface area (Å²) in [5.74, 6) is 0. The molecule has 0 bridgehead atoms. The molecule has 0 radical (unpaired) electrons. The van der Waals surface area contributed by atoms with E-state index >= 15 is 0 Å². The van der Waals surface area contributed by atoms with Crippen LogP contribution in [0, 0.1) is 0 Å². The molecule has 0 unspecified atom stereocenters. The first-order valence-corrected chi connectivity index (χ1v) is 10.1. The van der Waals surface area contributed by atoms with Gasteiger partial charge < -0.3 is 5.73 Å².